The minimum Gasteiger partial charge on any atom is -0.426 e. The van der Waals surface area contributed by atoms with Crippen molar-refractivity contribution in [2.24, 2.45) is 5.10 Å². The maximum absolute atomic E-state index is 13.1. The standard InChI is InChI=1S/C23H16BrN3O3/c1-15(28)30-21-12-11-16(13-19(21)24)14-25-27-22(17-7-3-2-4-8-17)26-20-10-6-5-9-18(20)23(27)29/h2-14H,1H3. The number of hydrogen-bond acceptors (Lipinski definition) is 5. The lowest BCUT2D eigenvalue weighted by atomic mass is 10.2. The van der Waals surface area contributed by atoms with Crippen LogP contribution in [0.1, 0.15) is 12.5 Å². The monoisotopic (exact) mass is 461 g/mol. The van der Waals surface area contributed by atoms with Crippen molar-refractivity contribution in [1.29, 1.82) is 0 Å². The van der Waals surface area contributed by atoms with Crippen molar-refractivity contribution in [2.45, 2.75) is 6.92 Å². The largest absolute Gasteiger partial charge is 0.426 e. The predicted molar refractivity (Wildman–Crippen MR) is 120 cm³/mol. The molecule has 30 heavy (non-hydrogen) atoms. The van der Waals surface area contributed by atoms with Gasteiger partial charge < -0.3 is 4.74 Å². The number of esters is 1. The van der Waals surface area contributed by atoms with Crippen LogP contribution in [0.4, 0.5) is 0 Å². The molecule has 0 saturated carbocycles. The molecule has 0 aliphatic heterocycles. The quantitative estimate of drug-likeness (QED) is 0.252. The van der Waals surface area contributed by atoms with E-state index in [2.05, 4.69) is 26.0 Å². The summed E-state index contributed by atoms with van der Waals surface area (Å²) in [6, 6.07) is 21.8. The Morgan fingerprint density at radius 1 is 1.07 bits per heavy atom. The highest BCUT2D eigenvalue weighted by Gasteiger charge is 2.12. The Labute approximate surface area is 180 Å². The number of aromatic nitrogens is 2. The highest BCUT2D eigenvalue weighted by Crippen LogP contribution is 2.26. The van der Waals surface area contributed by atoms with Gasteiger partial charge in [-0.3, -0.25) is 9.59 Å². The van der Waals surface area contributed by atoms with E-state index in [9.17, 15) is 9.59 Å². The molecule has 1 aromatic heterocycles. The number of carbonyl (C=O) groups is 1. The van der Waals surface area contributed by atoms with Gasteiger partial charge >= 0.3 is 5.97 Å². The molecule has 0 bridgehead atoms. The SMILES string of the molecule is CC(=O)Oc1ccc(C=Nn2c(-c3ccccc3)nc3ccccc3c2=O)cc1Br. The highest BCUT2D eigenvalue weighted by molar-refractivity contribution is 9.10. The first-order chi connectivity index (χ1) is 14.5. The lowest BCUT2D eigenvalue weighted by molar-refractivity contribution is -0.131. The Bertz CT molecular complexity index is 1330. The Morgan fingerprint density at radius 3 is 2.53 bits per heavy atom. The van der Waals surface area contributed by atoms with Gasteiger partial charge in [0.25, 0.3) is 5.56 Å². The fraction of sp³-hybridized carbons (Fsp3) is 0.0435. The first-order valence-corrected chi connectivity index (χ1v) is 9.92. The van der Waals surface area contributed by atoms with Crippen molar-refractivity contribution in [3.05, 3.63) is 93.2 Å². The van der Waals surface area contributed by atoms with E-state index in [0.717, 1.165) is 11.1 Å². The van der Waals surface area contributed by atoms with E-state index in [1.54, 1.807) is 36.5 Å². The van der Waals surface area contributed by atoms with Crippen LogP contribution in [-0.4, -0.2) is 21.8 Å². The number of para-hydroxylation sites is 1. The van der Waals surface area contributed by atoms with Gasteiger partial charge in [0.15, 0.2) is 5.82 Å². The molecule has 4 aromatic rings. The summed E-state index contributed by atoms with van der Waals surface area (Å²) in [4.78, 5) is 29.0. The molecule has 6 nitrogen and oxygen atoms in total. The Kier molecular flexibility index (Phi) is 5.54. The van der Waals surface area contributed by atoms with E-state index in [0.29, 0.717) is 26.9 Å². The normalized spacial score (nSPS) is 11.1. The van der Waals surface area contributed by atoms with Gasteiger partial charge in [0.1, 0.15) is 5.75 Å². The summed E-state index contributed by atoms with van der Waals surface area (Å²) >= 11 is 3.38. The summed E-state index contributed by atoms with van der Waals surface area (Å²) in [5, 5.41) is 4.91. The minimum atomic E-state index is -0.404. The second kappa shape index (κ2) is 8.42. The van der Waals surface area contributed by atoms with Crippen molar-refractivity contribution in [2.75, 3.05) is 0 Å². The van der Waals surface area contributed by atoms with Crippen molar-refractivity contribution in [3.63, 3.8) is 0 Å². The van der Waals surface area contributed by atoms with Crippen LogP contribution < -0.4 is 10.3 Å². The molecule has 0 N–H and O–H groups in total. The van der Waals surface area contributed by atoms with Crippen molar-refractivity contribution in [3.8, 4) is 17.1 Å². The summed E-state index contributed by atoms with van der Waals surface area (Å²) < 4.78 is 7.01. The average molecular weight is 462 g/mol. The highest BCUT2D eigenvalue weighted by atomic mass is 79.9. The molecular weight excluding hydrogens is 446 g/mol. The summed E-state index contributed by atoms with van der Waals surface area (Å²) in [5.41, 5.74) is 1.85. The van der Waals surface area contributed by atoms with Gasteiger partial charge in [-0.15, -0.1) is 0 Å². The number of hydrogen-bond donors (Lipinski definition) is 0. The lowest BCUT2D eigenvalue weighted by Crippen LogP contribution is -2.20. The molecule has 0 atom stereocenters. The van der Waals surface area contributed by atoms with Crippen LogP contribution in [-0.2, 0) is 4.79 Å². The molecular formula is C23H16BrN3O3. The van der Waals surface area contributed by atoms with E-state index in [1.165, 1.54) is 11.6 Å². The minimum absolute atomic E-state index is 0.258. The zero-order valence-corrected chi connectivity index (χ0v) is 17.5. The number of halogens is 1. The topological polar surface area (TPSA) is 73.5 Å². The molecule has 0 aliphatic carbocycles. The van der Waals surface area contributed by atoms with Crippen LogP contribution in [0, 0.1) is 0 Å². The van der Waals surface area contributed by atoms with E-state index in [-0.39, 0.29) is 5.56 Å². The summed E-state index contributed by atoms with van der Waals surface area (Å²) in [5.74, 6) is 0.457. The first kappa shape index (κ1) is 19.7. The summed E-state index contributed by atoms with van der Waals surface area (Å²) in [6.45, 7) is 1.34. The molecule has 0 saturated heterocycles. The molecule has 0 radical (unpaired) electrons. The molecule has 3 aromatic carbocycles. The third-order valence-corrected chi connectivity index (χ3v) is 4.94. The molecule has 0 amide bonds. The maximum Gasteiger partial charge on any atom is 0.308 e. The van der Waals surface area contributed by atoms with Gasteiger partial charge in [0.2, 0.25) is 0 Å². The molecule has 1 heterocycles. The van der Waals surface area contributed by atoms with Gasteiger partial charge in [-0.1, -0.05) is 42.5 Å². The van der Waals surface area contributed by atoms with Crippen molar-refractivity contribution < 1.29 is 9.53 Å². The molecule has 0 spiro atoms. The number of fused-ring (bicyclic) bond motifs is 1. The smallest absolute Gasteiger partial charge is 0.308 e. The van der Waals surface area contributed by atoms with Crippen LogP contribution >= 0.6 is 15.9 Å². The van der Waals surface area contributed by atoms with Gasteiger partial charge in [-0.05, 0) is 51.8 Å². The molecule has 0 fully saturated rings. The average Bonchev–Trinajstić information content (AvgIpc) is 2.75. The van der Waals surface area contributed by atoms with Gasteiger partial charge in [-0.25, -0.2) is 4.98 Å². The lowest BCUT2D eigenvalue weighted by Gasteiger charge is -2.09. The van der Waals surface area contributed by atoms with Crippen molar-refractivity contribution >= 4 is 39.0 Å². The maximum atomic E-state index is 13.1. The molecule has 7 heteroatoms. The van der Waals surface area contributed by atoms with Gasteiger partial charge in [0, 0.05) is 12.5 Å². The van der Waals surface area contributed by atoms with Crippen molar-refractivity contribution in [1.82, 2.24) is 9.66 Å². The number of rotatable bonds is 4. The fourth-order valence-corrected chi connectivity index (χ4v) is 3.44. The number of ether oxygens (including phenoxy) is 1. The van der Waals surface area contributed by atoms with Crippen LogP contribution in [0.15, 0.2) is 87.2 Å². The summed E-state index contributed by atoms with van der Waals surface area (Å²) in [7, 11) is 0. The third kappa shape index (κ3) is 4.06. The molecule has 4 rings (SSSR count). The first-order valence-electron chi connectivity index (χ1n) is 9.12. The molecule has 0 aliphatic rings. The summed E-state index contributed by atoms with van der Waals surface area (Å²) in [6.07, 6.45) is 1.56. The zero-order chi connectivity index (χ0) is 21.1. The second-order valence-electron chi connectivity index (χ2n) is 6.46. The Balaban J connectivity index is 1.82. The number of nitrogens with zero attached hydrogens (tertiary/aromatic N) is 3. The van der Waals surface area contributed by atoms with Crippen LogP contribution in [0.5, 0.6) is 5.75 Å². The zero-order valence-electron chi connectivity index (χ0n) is 15.9. The van der Waals surface area contributed by atoms with Crippen LogP contribution in [0.3, 0.4) is 0 Å². The number of benzene rings is 3. The number of carbonyl (C=O) groups excluding carboxylic acids is 1. The molecule has 0 unspecified atom stereocenters. The Hall–Kier alpha value is -3.58. The van der Waals surface area contributed by atoms with E-state index in [4.69, 9.17) is 4.74 Å². The van der Waals surface area contributed by atoms with Crippen LogP contribution in [0.2, 0.25) is 0 Å². The second-order valence-corrected chi connectivity index (χ2v) is 7.32. The predicted octanol–water partition coefficient (Wildman–Crippen LogP) is 4.63. The van der Waals surface area contributed by atoms with E-state index >= 15 is 0 Å². The molecule has 148 valence electrons. The Morgan fingerprint density at radius 2 is 1.80 bits per heavy atom. The van der Waals surface area contributed by atoms with Gasteiger partial charge in [0.05, 0.1) is 21.6 Å². The van der Waals surface area contributed by atoms with Gasteiger partial charge in [-0.2, -0.15) is 9.78 Å². The fourth-order valence-electron chi connectivity index (χ4n) is 2.96. The van der Waals surface area contributed by atoms with E-state index in [1.807, 2.05) is 42.5 Å². The van der Waals surface area contributed by atoms with Crippen LogP contribution in [0.25, 0.3) is 22.3 Å². The van der Waals surface area contributed by atoms with E-state index < -0.39 is 5.97 Å². The third-order valence-electron chi connectivity index (χ3n) is 4.32.